The average molecular weight is 472 g/mol. The third-order valence-corrected chi connectivity index (χ3v) is 4.79. The molecule has 10 heteroatoms. The van der Waals surface area contributed by atoms with Gasteiger partial charge in [0, 0.05) is 17.6 Å². The highest BCUT2D eigenvalue weighted by atomic mass is 79.9. The van der Waals surface area contributed by atoms with E-state index >= 15 is 0 Å². The predicted octanol–water partition coefficient (Wildman–Crippen LogP) is 1.62. The Hall–Kier alpha value is -2.20. The molecule has 28 heavy (non-hydrogen) atoms. The molecule has 0 saturated carbocycles. The van der Waals surface area contributed by atoms with Crippen molar-refractivity contribution in [2.24, 2.45) is 0 Å². The number of ether oxygens (including phenoxy) is 2. The van der Waals surface area contributed by atoms with Crippen molar-refractivity contribution in [3.05, 3.63) is 28.2 Å². The summed E-state index contributed by atoms with van der Waals surface area (Å²) in [5.74, 6) is -0.885. The van der Waals surface area contributed by atoms with E-state index in [0.29, 0.717) is 35.5 Å². The van der Waals surface area contributed by atoms with Crippen LogP contribution in [0, 0.1) is 0 Å². The zero-order chi connectivity index (χ0) is 20.7. The number of nitrogens with one attached hydrogen (secondary N) is 2. The zero-order valence-corrected chi connectivity index (χ0v) is 18.0. The number of benzene rings is 1. The molecule has 0 spiro atoms. The molecule has 2 N–H and O–H groups in total. The molecule has 8 nitrogen and oxygen atoms in total. The van der Waals surface area contributed by atoms with Crippen molar-refractivity contribution in [3.63, 3.8) is 0 Å². The molecular weight excluding hydrogens is 450 g/mol. The summed E-state index contributed by atoms with van der Waals surface area (Å²) in [4.78, 5) is 38.3. The SMILES string of the molecule is CCOC(=O)CC1C(=O)NCCN1C(=S)NC(=O)c1cc(Br)ccc1OCC. The molecule has 2 rings (SSSR count). The normalized spacial score (nSPS) is 16.2. The molecule has 1 aromatic carbocycles. The molecule has 1 aliphatic heterocycles. The molecule has 152 valence electrons. The summed E-state index contributed by atoms with van der Waals surface area (Å²) in [6, 6.07) is 4.24. The lowest BCUT2D eigenvalue weighted by Gasteiger charge is -2.36. The molecule has 1 saturated heterocycles. The molecule has 0 aliphatic carbocycles. The largest absolute Gasteiger partial charge is 0.493 e. The number of thiocarbonyl (C=S) groups is 1. The highest BCUT2D eigenvalue weighted by molar-refractivity contribution is 9.10. The molecule has 1 aliphatic rings. The van der Waals surface area contributed by atoms with Crippen LogP contribution in [0.4, 0.5) is 0 Å². The second-order valence-electron chi connectivity index (χ2n) is 5.84. The minimum atomic E-state index is -0.838. The van der Waals surface area contributed by atoms with Crippen LogP contribution in [0.25, 0.3) is 0 Å². The second-order valence-corrected chi connectivity index (χ2v) is 7.14. The molecular formula is C18H22BrN3O5S. The Morgan fingerprint density at radius 2 is 2.11 bits per heavy atom. The van der Waals surface area contributed by atoms with Gasteiger partial charge >= 0.3 is 5.97 Å². The summed E-state index contributed by atoms with van der Waals surface area (Å²) in [5.41, 5.74) is 0.307. The number of hydrogen-bond donors (Lipinski definition) is 2. The van der Waals surface area contributed by atoms with Gasteiger partial charge < -0.3 is 19.7 Å². The van der Waals surface area contributed by atoms with Gasteiger partial charge in [0.1, 0.15) is 11.8 Å². The van der Waals surface area contributed by atoms with E-state index < -0.39 is 17.9 Å². The van der Waals surface area contributed by atoms with Crippen molar-refractivity contribution in [3.8, 4) is 5.75 Å². The first-order chi connectivity index (χ1) is 13.4. The highest BCUT2D eigenvalue weighted by Gasteiger charge is 2.34. The van der Waals surface area contributed by atoms with Gasteiger partial charge in [-0.25, -0.2) is 0 Å². The summed E-state index contributed by atoms with van der Waals surface area (Å²) >= 11 is 8.68. The maximum atomic E-state index is 12.7. The number of carbonyl (C=O) groups excluding carboxylic acids is 3. The Labute approximate surface area is 177 Å². The van der Waals surface area contributed by atoms with Crippen LogP contribution >= 0.6 is 28.1 Å². The molecule has 1 fully saturated rings. The fourth-order valence-corrected chi connectivity index (χ4v) is 3.41. The smallest absolute Gasteiger partial charge is 0.308 e. The van der Waals surface area contributed by atoms with E-state index in [0.717, 1.165) is 0 Å². The van der Waals surface area contributed by atoms with E-state index in [1.807, 2.05) is 6.92 Å². The molecule has 0 radical (unpaired) electrons. The third kappa shape index (κ3) is 5.65. The van der Waals surface area contributed by atoms with Crippen LogP contribution in [0.3, 0.4) is 0 Å². The summed E-state index contributed by atoms with van der Waals surface area (Å²) in [7, 11) is 0. The first-order valence-electron chi connectivity index (χ1n) is 8.85. The average Bonchev–Trinajstić information content (AvgIpc) is 2.65. The fourth-order valence-electron chi connectivity index (χ4n) is 2.74. The molecule has 1 aromatic rings. The van der Waals surface area contributed by atoms with E-state index in [-0.39, 0.29) is 24.0 Å². The maximum absolute atomic E-state index is 12.7. The number of carbonyl (C=O) groups is 3. The molecule has 1 atom stereocenters. The van der Waals surface area contributed by atoms with Crippen molar-refractivity contribution in [1.29, 1.82) is 0 Å². The number of esters is 1. The Morgan fingerprint density at radius 1 is 1.36 bits per heavy atom. The summed E-state index contributed by atoms with van der Waals surface area (Å²) < 4.78 is 11.1. The van der Waals surface area contributed by atoms with Crippen LogP contribution in [-0.2, 0) is 14.3 Å². The minimum absolute atomic E-state index is 0.0663. The van der Waals surface area contributed by atoms with E-state index in [1.54, 1.807) is 25.1 Å². The molecule has 1 unspecified atom stereocenters. The summed E-state index contributed by atoms with van der Waals surface area (Å²) in [6.45, 7) is 4.86. The van der Waals surface area contributed by atoms with Gasteiger partial charge in [-0.05, 0) is 44.3 Å². The van der Waals surface area contributed by atoms with Gasteiger partial charge in [-0.15, -0.1) is 0 Å². The zero-order valence-electron chi connectivity index (χ0n) is 15.6. The quantitative estimate of drug-likeness (QED) is 0.480. The highest BCUT2D eigenvalue weighted by Crippen LogP contribution is 2.23. The Kier molecular flexibility index (Phi) is 8.18. The topological polar surface area (TPSA) is 97.0 Å². The van der Waals surface area contributed by atoms with Crippen molar-refractivity contribution < 1.29 is 23.9 Å². The lowest BCUT2D eigenvalue weighted by atomic mass is 10.1. The number of piperazine rings is 1. The first kappa shape index (κ1) is 22.1. The molecule has 1 heterocycles. The van der Waals surface area contributed by atoms with Gasteiger partial charge in [0.15, 0.2) is 5.11 Å². The van der Waals surface area contributed by atoms with Crippen LogP contribution in [-0.4, -0.2) is 60.1 Å². The van der Waals surface area contributed by atoms with E-state index in [2.05, 4.69) is 26.6 Å². The van der Waals surface area contributed by atoms with Gasteiger partial charge in [0.25, 0.3) is 5.91 Å². The maximum Gasteiger partial charge on any atom is 0.308 e. The van der Waals surface area contributed by atoms with Gasteiger partial charge in [-0.3, -0.25) is 19.7 Å². The van der Waals surface area contributed by atoms with E-state index in [4.69, 9.17) is 21.7 Å². The molecule has 0 aromatic heterocycles. The number of amides is 2. The van der Waals surface area contributed by atoms with Crippen molar-refractivity contribution in [1.82, 2.24) is 15.5 Å². The number of rotatable bonds is 6. The van der Waals surface area contributed by atoms with Crippen molar-refractivity contribution in [2.75, 3.05) is 26.3 Å². The van der Waals surface area contributed by atoms with E-state index in [9.17, 15) is 14.4 Å². The van der Waals surface area contributed by atoms with Crippen LogP contribution in [0.2, 0.25) is 0 Å². The second kappa shape index (κ2) is 10.4. The standard InChI is InChI=1S/C18H22BrN3O5S/c1-3-26-14-6-5-11(19)9-12(14)16(24)21-18(28)22-8-7-20-17(25)13(22)10-15(23)27-4-2/h5-6,9,13H,3-4,7-8,10H2,1-2H3,(H,20,25)(H,21,24,28). The first-order valence-corrected chi connectivity index (χ1v) is 10.0. The van der Waals surface area contributed by atoms with Gasteiger partial charge in [0.05, 0.1) is 25.2 Å². The number of hydrogen-bond acceptors (Lipinski definition) is 6. The van der Waals surface area contributed by atoms with Crippen LogP contribution in [0.1, 0.15) is 30.6 Å². The Bertz CT molecular complexity index is 774. The monoisotopic (exact) mass is 471 g/mol. The Morgan fingerprint density at radius 3 is 2.79 bits per heavy atom. The van der Waals surface area contributed by atoms with Gasteiger partial charge in [-0.1, -0.05) is 15.9 Å². The van der Waals surface area contributed by atoms with Crippen molar-refractivity contribution in [2.45, 2.75) is 26.3 Å². The third-order valence-electron chi connectivity index (χ3n) is 3.96. The lowest BCUT2D eigenvalue weighted by molar-refractivity contribution is -0.147. The number of halogens is 1. The van der Waals surface area contributed by atoms with Gasteiger partial charge in [-0.2, -0.15) is 0 Å². The predicted molar refractivity (Wildman–Crippen MR) is 110 cm³/mol. The fraction of sp³-hybridized carbons (Fsp3) is 0.444. The molecule has 2 amide bonds. The van der Waals surface area contributed by atoms with Crippen molar-refractivity contribution >= 4 is 51.0 Å². The van der Waals surface area contributed by atoms with Crippen LogP contribution < -0.4 is 15.4 Å². The Balaban J connectivity index is 2.15. The summed E-state index contributed by atoms with van der Waals surface area (Å²) in [6.07, 6.45) is -0.156. The van der Waals surface area contributed by atoms with E-state index in [1.165, 1.54) is 4.90 Å². The summed E-state index contributed by atoms with van der Waals surface area (Å²) in [5, 5.41) is 5.40. The van der Waals surface area contributed by atoms with Gasteiger partial charge in [0.2, 0.25) is 5.91 Å². The van der Waals surface area contributed by atoms with Crippen LogP contribution in [0.5, 0.6) is 5.75 Å². The molecule has 0 bridgehead atoms. The lowest BCUT2D eigenvalue weighted by Crippen LogP contribution is -2.60. The van der Waals surface area contributed by atoms with Crippen LogP contribution in [0.15, 0.2) is 22.7 Å². The number of nitrogens with zero attached hydrogens (tertiary/aromatic N) is 1. The minimum Gasteiger partial charge on any atom is -0.493 e.